The van der Waals surface area contributed by atoms with E-state index in [4.69, 9.17) is 16.3 Å². The van der Waals surface area contributed by atoms with Gasteiger partial charge < -0.3 is 9.64 Å². The first-order valence-corrected chi connectivity index (χ1v) is 10.1. The SMILES string of the molecule is COc1ccc(C2=CCC=C3C=CC(c4ccnn4-c4ccc(Cl)cc4)=CN32)cc1. The average molecular weight is 414 g/mol. The largest absolute Gasteiger partial charge is 0.497 e. The van der Waals surface area contributed by atoms with Gasteiger partial charge in [-0.05, 0) is 78.7 Å². The maximum absolute atomic E-state index is 6.05. The van der Waals surface area contributed by atoms with Crippen molar-refractivity contribution in [3.63, 3.8) is 0 Å². The molecule has 0 atom stereocenters. The van der Waals surface area contributed by atoms with Gasteiger partial charge in [0.05, 0.1) is 24.7 Å². The van der Waals surface area contributed by atoms with Gasteiger partial charge in [-0.25, -0.2) is 4.68 Å². The van der Waals surface area contributed by atoms with Crippen molar-refractivity contribution >= 4 is 22.9 Å². The van der Waals surface area contributed by atoms with Gasteiger partial charge in [-0.15, -0.1) is 0 Å². The van der Waals surface area contributed by atoms with E-state index < -0.39 is 0 Å². The van der Waals surface area contributed by atoms with Crippen LogP contribution < -0.4 is 4.74 Å². The van der Waals surface area contributed by atoms with Crippen LogP contribution in [0.2, 0.25) is 5.02 Å². The summed E-state index contributed by atoms with van der Waals surface area (Å²) in [5.74, 6) is 0.854. The number of nitrogens with zero attached hydrogens (tertiary/aromatic N) is 3. The summed E-state index contributed by atoms with van der Waals surface area (Å²) < 4.78 is 7.24. The van der Waals surface area contributed by atoms with Crippen LogP contribution in [-0.2, 0) is 0 Å². The van der Waals surface area contributed by atoms with Crippen LogP contribution in [0.15, 0.2) is 97.0 Å². The van der Waals surface area contributed by atoms with Gasteiger partial charge in [-0.1, -0.05) is 23.8 Å². The molecular weight excluding hydrogens is 394 g/mol. The zero-order chi connectivity index (χ0) is 20.5. The molecule has 0 saturated heterocycles. The average Bonchev–Trinajstić information content (AvgIpc) is 3.29. The van der Waals surface area contributed by atoms with E-state index in [1.54, 1.807) is 7.11 Å². The second-order valence-electron chi connectivity index (χ2n) is 7.08. The van der Waals surface area contributed by atoms with Gasteiger partial charge in [0.25, 0.3) is 0 Å². The Morgan fingerprint density at radius 1 is 0.933 bits per heavy atom. The molecule has 30 heavy (non-hydrogen) atoms. The summed E-state index contributed by atoms with van der Waals surface area (Å²) in [4.78, 5) is 2.24. The van der Waals surface area contributed by atoms with Gasteiger partial charge in [0.2, 0.25) is 0 Å². The maximum Gasteiger partial charge on any atom is 0.118 e. The van der Waals surface area contributed by atoms with Crippen LogP contribution in [0, 0.1) is 0 Å². The fourth-order valence-electron chi connectivity index (χ4n) is 3.76. The molecule has 0 bridgehead atoms. The molecule has 5 rings (SSSR count). The number of halogens is 1. The van der Waals surface area contributed by atoms with Crippen LogP contribution in [0.3, 0.4) is 0 Å². The first-order chi connectivity index (χ1) is 14.7. The maximum atomic E-state index is 6.05. The Morgan fingerprint density at radius 3 is 2.50 bits per heavy atom. The molecule has 148 valence electrons. The monoisotopic (exact) mass is 413 g/mol. The minimum Gasteiger partial charge on any atom is -0.497 e. The number of allylic oxidation sites excluding steroid dienone is 5. The molecule has 0 radical (unpaired) electrons. The molecule has 1 aromatic heterocycles. The third-order valence-corrected chi connectivity index (χ3v) is 5.53. The number of methoxy groups -OCH3 is 1. The van der Waals surface area contributed by atoms with E-state index in [0.29, 0.717) is 5.02 Å². The number of ether oxygens (including phenoxy) is 1. The fraction of sp³-hybridized carbons (Fsp3) is 0.0800. The lowest BCUT2D eigenvalue weighted by Gasteiger charge is -2.31. The van der Waals surface area contributed by atoms with Crippen LogP contribution in [0.5, 0.6) is 5.75 Å². The zero-order valence-corrected chi connectivity index (χ0v) is 17.3. The van der Waals surface area contributed by atoms with E-state index in [0.717, 1.165) is 40.4 Å². The van der Waals surface area contributed by atoms with Crippen molar-refractivity contribution in [1.29, 1.82) is 0 Å². The number of hydrogen-bond donors (Lipinski definition) is 0. The molecule has 0 spiro atoms. The highest BCUT2D eigenvalue weighted by molar-refractivity contribution is 6.30. The zero-order valence-electron chi connectivity index (χ0n) is 16.5. The molecule has 0 saturated carbocycles. The normalized spacial score (nSPS) is 15.3. The van der Waals surface area contributed by atoms with Crippen molar-refractivity contribution in [2.45, 2.75) is 6.42 Å². The number of hydrogen-bond acceptors (Lipinski definition) is 3. The number of aromatic nitrogens is 2. The second-order valence-corrected chi connectivity index (χ2v) is 7.51. The van der Waals surface area contributed by atoms with Crippen LogP contribution in [0.4, 0.5) is 0 Å². The molecule has 2 aliphatic rings. The van der Waals surface area contributed by atoms with Gasteiger partial charge in [0.1, 0.15) is 5.75 Å². The number of fused-ring (bicyclic) bond motifs is 1. The lowest BCUT2D eigenvalue weighted by atomic mass is 10.0. The van der Waals surface area contributed by atoms with Gasteiger partial charge in [0, 0.05) is 28.2 Å². The van der Waals surface area contributed by atoms with Crippen LogP contribution in [-0.4, -0.2) is 21.8 Å². The van der Waals surface area contributed by atoms with E-state index >= 15 is 0 Å². The fourth-order valence-corrected chi connectivity index (χ4v) is 3.88. The number of rotatable bonds is 4. The third-order valence-electron chi connectivity index (χ3n) is 5.27. The van der Waals surface area contributed by atoms with Crippen molar-refractivity contribution < 1.29 is 4.74 Å². The smallest absolute Gasteiger partial charge is 0.118 e. The van der Waals surface area contributed by atoms with E-state index in [2.05, 4.69) is 52.6 Å². The van der Waals surface area contributed by atoms with Gasteiger partial charge in [0.15, 0.2) is 0 Å². The predicted octanol–water partition coefficient (Wildman–Crippen LogP) is 6.08. The quantitative estimate of drug-likeness (QED) is 0.519. The molecule has 3 heterocycles. The lowest BCUT2D eigenvalue weighted by Crippen LogP contribution is -2.19. The molecule has 0 N–H and O–H groups in total. The second kappa shape index (κ2) is 7.73. The molecular formula is C25H20ClN3O. The van der Waals surface area contributed by atoms with Crippen LogP contribution in [0.1, 0.15) is 17.7 Å². The molecule has 0 fully saturated rings. The molecule has 2 aliphatic heterocycles. The molecule has 3 aromatic rings. The highest BCUT2D eigenvalue weighted by Crippen LogP contribution is 2.35. The summed E-state index contributed by atoms with van der Waals surface area (Å²) in [7, 11) is 1.68. The van der Waals surface area contributed by atoms with Gasteiger partial charge in [-0.2, -0.15) is 5.10 Å². The van der Waals surface area contributed by atoms with E-state index in [1.165, 1.54) is 5.70 Å². The Kier molecular flexibility index (Phi) is 4.77. The summed E-state index contributed by atoms with van der Waals surface area (Å²) in [5.41, 5.74) is 6.56. The summed E-state index contributed by atoms with van der Waals surface area (Å²) in [6.45, 7) is 0. The summed E-state index contributed by atoms with van der Waals surface area (Å²) in [6.07, 6.45) is 13.7. The molecule has 0 amide bonds. The third kappa shape index (κ3) is 3.36. The van der Waals surface area contributed by atoms with Crippen molar-refractivity contribution in [2.24, 2.45) is 0 Å². The standard InChI is InChI=1S/C25H20ClN3O/c1-30-23-13-6-18(7-14-23)24-4-2-3-21-10-5-19(17-28(21)24)25-15-16-27-29(25)22-11-8-20(26)9-12-22/h3-17H,2H2,1H3. The number of benzene rings is 2. The van der Waals surface area contributed by atoms with E-state index in [-0.39, 0.29) is 0 Å². The molecule has 0 aliphatic carbocycles. The van der Waals surface area contributed by atoms with E-state index in [9.17, 15) is 0 Å². The lowest BCUT2D eigenvalue weighted by molar-refractivity contribution is 0.414. The van der Waals surface area contributed by atoms with Gasteiger partial charge >= 0.3 is 0 Å². The molecule has 5 heteroatoms. The molecule has 2 aromatic carbocycles. The Bertz CT molecular complexity index is 1200. The Labute approximate surface area is 180 Å². The predicted molar refractivity (Wildman–Crippen MR) is 121 cm³/mol. The summed E-state index contributed by atoms with van der Waals surface area (Å²) >= 11 is 6.05. The minimum absolute atomic E-state index is 0.710. The summed E-state index contributed by atoms with van der Waals surface area (Å²) in [5, 5.41) is 5.24. The first kappa shape index (κ1) is 18.5. The molecule has 0 unspecified atom stereocenters. The minimum atomic E-state index is 0.710. The van der Waals surface area contributed by atoms with Crippen molar-refractivity contribution in [3.05, 3.63) is 113 Å². The summed E-state index contributed by atoms with van der Waals surface area (Å²) in [6, 6.07) is 17.9. The Hall–Kier alpha value is -3.50. The first-order valence-electron chi connectivity index (χ1n) is 9.77. The Morgan fingerprint density at radius 2 is 1.73 bits per heavy atom. The van der Waals surface area contributed by atoms with Crippen LogP contribution in [0.25, 0.3) is 17.0 Å². The van der Waals surface area contributed by atoms with Crippen LogP contribution >= 0.6 is 11.6 Å². The van der Waals surface area contributed by atoms with Gasteiger partial charge in [-0.3, -0.25) is 0 Å². The molecule has 4 nitrogen and oxygen atoms in total. The van der Waals surface area contributed by atoms with Crippen molar-refractivity contribution in [2.75, 3.05) is 7.11 Å². The van der Waals surface area contributed by atoms with E-state index in [1.807, 2.05) is 53.3 Å². The van der Waals surface area contributed by atoms with Crippen molar-refractivity contribution in [3.8, 4) is 11.4 Å². The highest BCUT2D eigenvalue weighted by atomic mass is 35.5. The highest BCUT2D eigenvalue weighted by Gasteiger charge is 2.21. The Balaban J connectivity index is 1.52. The van der Waals surface area contributed by atoms with Crippen molar-refractivity contribution in [1.82, 2.24) is 14.7 Å². The topological polar surface area (TPSA) is 30.3 Å².